The molecule has 1 unspecified atom stereocenters. The van der Waals surface area contributed by atoms with Gasteiger partial charge in [-0.1, -0.05) is 54.6 Å². The first-order valence-electron chi connectivity index (χ1n) is 9.01. The zero-order chi connectivity index (χ0) is 19.3. The molecule has 0 N–H and O–H groups in total. The van der Waals surface area contributed by atoms with Crippen LogP contribution in [0.5, 0.6) is 0 Å². The van der Waals surface area contributed by atoms with Crippen LogP contribution >= 0.6 is 0 Å². The molecule has 0 aliphatic heterocycles. The van der Waals surface area contributed by atoms with Gasteiger partial charge in [0.1, 0.15) is 0 Å². The molecule has 0 fully saturated rings. The molecule has 1 aliphatic carbocycles. The first kappa shape index (κ1) is 19.1. The average Bonchev–Trinajstić information content (AvgIpc) is 2.89. The third kappa shape index (κ3) is 3.74. The Bertz CT molecular complexity index is 783. The van der Waals surface area contributed by atoms with E-state index in [1.165, 1.54) is 14.2 Å². The predicted molar refractivity (Wildman–Crippen MR) is 100.0 cm³/mol. The number of aryl methyl sites for hydroxylation is 1. The highest BCUT2D eigenvalue weighted by Crippen LogP contribution is 2.39. The summed E-state index contributed by atoms with van der Waals surface area (Å²) in [6.07, 6.45) is 0.784. The van der Waals surface area contributed by atoms with E-state index in [2.05, 4.69) is 0 Å². The molecule has 0 amide bonds. The van der Waals surface area contributed by atoms with Crippen LogP contribution in [-0.2, 0) is 43.2 Å². The summed E-state index contributed by atoms with van der Waals surface area (Å²) in [5.74, 6) is -1.24. The minimum Gasteiger partial charge on any atom is -0.468 e. The van der Waals surface area contributed by atoms with E-state index in [9.17, 15) is 9.59 Å². The number of hydrogen-bond acceptors (Lipinski definition) is 5. The van der Waals surface area contributed by atoms with Gasteiger partial charge in [0.2, 0.25) is 0 Å². The van der Waals surface area contributed by atoms with Crippen molar-refractivity contribution in [3.8, 4) is 0 Å². The summed E-state index contributed by atoms with van der Waals surface area (Å²) in [6.45, 7) is 0.303. The normalized spacial score (nSPS) is 18.1. The average molecular weight is 368 g/mol. The van der Waals surface area contributed by atoms with Gasteiger partial charge < -0.3 is 14.2 Å². The monoisotopic (exact) mass is 368 g/mol. The number of methoxy groups -OCH3 is 2. The van der Waals surface area contributed by atoms with Gasteiger partial charge >= 0.3 is 11.9 Å². The molecular weight excluding hydrogens is 344 g/mol. The summed E-state index contributed by atoms with van der Waals surface area (Å²) < 4.78 is 16.2. The molecule has 0 aromatic heterocycles. The molecular formula is C22H24O5. The first-order chi connectivity index (χ1) is 13.1. The van der Waals surface area contributed by atoms with E-state index in [0.717, 1.165) is 16.7 Å². The highest BCUT2D eigenvalue weighted by molar-refractivity contribution is 6.01. The Balaban J connectivity index is 1.99. The van der Waals surface area contributed by atoms with E-state index in [0.29, 0.717) is 19.4 Å². The van der Waals surface area contributed by atoms with Crippen molar-refractivity contribution in [2.45, 2.75) is 32.0 Å². The largest absolute Gasteiger partial charge is 0.468 e. The fraction of sp³-hybridized carbons (Fsp3) is 0.364. The van der Waals surface area contributed by atoms with Gasteiger partial charge in [0.05, 0.1) is 26.9 Å². The lowest BCUT2D eigenvalue weighted by atomic mass is 9.76. The molecule has 0 heterocycles. The molecule has 5 nitrogen and oxygen atoms in total. The van der Waals surface area contributed by atoms with Crippen molar-refractivity contribution in [3.63, 3.8) is 0 Å². The lowest BCUT2D eigenvalue weighted by molar-refractivity contribution is -0.183. The second kappa shape index (κ2) is 8.35. The van der Waals surface area contributed by atoms with Crippen LogP contribution in [0.4, 0.5) is 0 Å². The zero-order valence-electron chi connectivity index (χ0n) is 15.6. The number of hydrogen-bond donors (Lipinski definition) is 0. The Morgan fingerprint density at radius 3 is 2.15 bits per heavy atom. The highest BCUT2D eigenvalue weighted by Gasteiger charge is 2.56. The van der Waals surface area contributed by atoms with Crippen molar-refractivity contribution >= 4 is 11.9 Å². The maximum atomic E-state index is 12.9. The first-order valence-corrected chi connectivity index (χ1v) is 9.01. The number of carbonyl (C=O) groups excluding carboxylic acids is 2. The summed E-state index contributed by atoms with van der Waals surface area (Å²) in [7, 11) is 2.58. The molecule has 0 bridgehead atoms. The van der Waals surface area contributed by atoms with Gasteiger partial charge in [0.25, 0.3) is 0 Å². The third-order valence-electron chi connectivity index (χ3n) is 5.21. The molecule has 2 aromatic rings. The fourth-order valence-corrected chi connectivity index (χ4v) is 3.77. The quantitative estimate of drug-likeness (QED) is 0.461. The lowest BCUT2D eigenvalue weighted by Crippen LogP contribution is -2.52. The Kier molecular flexibility index (Phi) is 5.91. The van der Waals surface area contributed by atoms with Crippen molar-refractivity contribution in [2.24, 2.45) is 5.41 Å². The standard InChI is InChI=1S/C22H24O5/c1-25-20(23)22(21(24)26-2)14-18-11-7-6-10-17(18)12-13-19(22)27-15-16-8-4-3-5-9-16/h3-11,19H,12-15H2,1-2H3. The molecule has 0 saturated carbocycles. The third-order valence-corrected chi connectivity index (χ3v) is 5.21. The number of ether oxygens (including phenoxy) is 3. The Morgan fingerprint density at radius 1 is 0.926 bits per heavy atom. The SMILES string of the molecule is COC(=O)C1(C(=O)OC)Cc2ccccc2CCC1OCc1ccccc1. The number of carbonyl (C=O) groups is 2. The van der Waals surface area contributed by atoms with E-state index in [-0.39, 0.29) is 6.42 Å². The van der Waals surface area contributed by atoms with Gasteiger partial charge in [-0.2, -0.15) is 0 Å². The maximum Gasteiger partial charge on any atom is 0.326 e. The Labute approximate surface area is 159 Å². The number of rotatable bonds is 5. The molecule has 1 aliphatic rings. The summed E-state index contributed by atoms with van der Waals surface area (Å²) in [6, 6.07) is 17.5. The minimum atomic E-state index is -1.52. The van der Waals surface area contributed by atoms with E-state index in [4.69, 9.17) is 14.2 Å². The van der Waals surface area contributed by atoms with E-state index < -0.39 is 23.5 Å². The molecule has 3 rings (SSSR count). The maximum absolute atomic E-state index is 12.9. The van der Waals surface area contributed by atoms with Crippen LogP contribution in [-0.4, -0.2) is 32.3 Å². The highest BCUT2D eigenvalue weighted by atomic mass is 16.6. The molecule has 142 valence electrons. The predicted octanol–water partition coefficient (Wildman–Crippen LogP) is 3.09. The molecule has 0 spiro atoms. The molecule has 0 saturated heterocycles. The van der Waals surface area contributed by atoms with Crippen LogP contribution in [0.15, 0.2) is 54.6 Å². The van der Waals surface area contributed by atoms with Crippen molar-refractivity contribution in [1.82, 2.24) is 0 Å². The molecule has 0 radical (unpaired) electrons. The Hall–Kier alpha value is -2.66. The van der Waals surface area contributed by atoms with Gasteiger partial charge in [-0.3, -0.25) is 9.59 Å². The van der Waals surface area contributed by atoms with Gasteiger partial charge in [-0.15, -0.1) is 0 Å². The fourth-order valence-electron chi connectivity index (χ4n) is 3.77. The Morgan fingerprint density at radius 2 is 1.52 bits per heavy atom. The topological polar surface area (TPSA) is 61.8 Å². The van der Waals surface area contributed by atoms with E-state index in [1.54, 1.807) is 0 Å². The van der Waals surface area contributed by atoms with Crippen LogP contribution < -0.4 is 0 Å². The minimum absolute atomic E-state index is 0.196. The van der Waals surface area contributed by atoms with Gasteiger partial charge in [-0.05, 0) is 29.5 Å². The van der Waals surface area contributed by atoms with Gasteiger partial charge in [-0.25, -0.2) is 0 Å². The molecule has 2 aromatic carbocycles. The summed E-state index contributed by atoms with van der Waals surface area (Å²) in [4.78, 5) is 25.7. The second-order valence-corrected chi connectivity index (χ2v) is 6.72. The van der Waals surface area contributed by atoms with Crippen molar-refractivity contribution in [1.29, 1.82) is 0 Å². The van der Waals surface area contributed by atoms with E-state index in [1.807, 2.05) is 54.6 Å². The van der Waals surface area contributed by atoms with Crippen LogP contribution in [0.25, 0.3) is 0 Å². The van der Waals surface area contributed by atoms with Crippen LogP contribution in [0.3, 0.4) is 0 Å². The van der Waals surface area contributed by atoms with Gasteiger partial charge in [0.15, 0.2) is 5.41 Å². The molecule has 5 heteroatoms. The van der Waals surface area contributed by atoms with Crippen LogP contribution in [0.2, 0.25) is 0 Å². The van der Waals surface area contributed by atoms with Crippen molar-refractivity contribution in [2.75, 3.05) is 14.2 Å². The molecule has 27 heavy (non-hydrogen) atoms. The van der Waals surface area contributed by atoms with Gasteiger partial charge in [0, 0.05) is 6.42 Å². The zero-order valence-corrected chi connectivity index (χ0v) is 15.6. The summed E-state index contributed by atoms with van der Waals surface area (Å²) in [5, 5.41) is 0. The smallest absolute Gasteiger partial charge is 0.326 e. The van der Waals surface area contributed by atoms with E-state index >= 15 is 0 Å². The second-order valence-electron chi connectivity index (χ2n) is 6.72. The summed E-state index contributed by atoms with van der Waals surface area (Å²) >= 11 is 0. The van der Waals surface area contributed by atoms with Crippen molar-refractivity contribution < 1.29 is 23.8 Å². The lowest BCUT2D eigenvalue weighted by Gasteiger charge is -2.34. The molecule has 1 atom stereocenters. The number of fused-ring (bicyclic) bond motifs is 1. The summed E-state index contributed by atoms with van der Waals surface area (Å²) in [5.41, 5.74) is 1.51. The number of esters is 2. The van der Waals surface area contributed by atoms with Crippen LogP contribution in [0.1, 0.15) is 23.1 Å². The van der Waals surface area contributed by atoms with Crippen molar-refractivity contribution in [3.05, 3.63) is 71.3 Å². The van der Waals surface area contributed by atoms with Crippen LogP contribution in [0, 0.1) is 5.41 Å². The number of benzene rings is 2.